The standard InChI is InChI=1S/C14H21N3O7S2/c15-2-8(18)5-1-9(25-3-6(16)13(21)22)10(19)11(20)12(5)26-4-7(17)14(23)24/h1,6-8,18-20H,2-4,15-17H2,(H,21,22)(H,23,24)/t6-,7-,8-/m0/s1. The van der Waals surface area contributed by atoms with Crippen LogP contribution in [0, 0.1) is 0 Å². The fourth-order valence-electron chi connectivity index (χ4n) is 1.77. The third kappa shape index (κ3) is 5.65. The lowest BCUT2D eigenvalue weighted by molar-refractivity contribution is -0.138. The van der Waals surface area contributed by atoms with Crippen molar-refractivity contribution in [1.82, 2.24) is 0 Å². The van der Waals surface area contributed by atoms with Crippen molar-refractivity contribution in [3.63, 3.8) is 0 Å². The molecule has 1 aromatic rings. The molecule has 0 aliphatic heterocycles. The van der Waals surface area contributed by atoms with E-state index in [0.29, 0.717) is 0 Å². The maximum atomic E-state index is 10.8. The van der Waals surface area contributed by atoms with E-state index in [1.54, 1.807) is 0 Å². The quantitative estimate of drug-likeness (QED) is 0.175. The van der Waals surface area contributed by atoms with Crippen LogP contribution in [0.3, 0.4) is 0 Å². The summed E-state index contributed by atoms with van der Waals surface area (Å²) in [4.78, 5) is 21.8. The summed E-state index contributed by atoms with van der Waals surface area (Å²) >= 11 is 1.73. The van der Waals surface area contributed by atoms with E-state index in [0.717, 1.165) is 23.5 Å². The van der Waals surface area contributed by atoms with Crippen LogP contribution in [0.1, 0.15) is 11.7 Å². The molecule has 1 rings (SSSR count). The van der Waals surface area contributed by atoms with E-state index < -0.39 is 41.6 Å². The normalized spacial score (nSPS) is 14.6. The van der Waals surface area contributed by atoms with Gasteiger partial charge in [-0.25, -0.2) is 0 Å². The highest BCUT2D eigenvalue weighted by atomic mass is 32.2. The third-order valence-electron chi connectivity index (χ3n) is 3.26. The van der Waals surface area contributed by atoms with Gasteiger partial charge in [0.25, 0.3) is 0 Å². The van der Waals surface area contributed by atoms with Crippen LogP contribution in [0.25, 0.3) is 0 Å². The largest absolute Gasteiger partial charge is 0.503 e. The van der Waals surface area contributed by atoms with Gasteiger partial charge in [-0.2, -0.15) is 0 Å². The van der Waals surface area contributed by atoms with Crippen molar-refractivity contribution >= 4 is 35.5 Å². The molecule has 26 heavy (non-hydrogen) atoms. The first kappa shape index (κ1) is 22.3. The first-order valence-electron chi connectivity index (χ1n) is 7.29. The number of phenolic OH excluding ortho intramolecular Hbond substituents is 2. The Morgan fingerprint density at radius 1 is 1.00 bits per heavy atom. The molecule has 0 fully saturated rings. The molecular formula is C14H21N3O7S2. The maximum absolute atomic E-state index is 10.8. The third-order valence-corrected chi connectivity index (χ3v) is 5.66. The molecule has 0 bridgehead atoms. The van der Waals surface area contributed by atoms with Gasteiger partial charge < -0.3 is 42.7 Å². The second-order valence-corrected chi connectivity index (χ2v) is 7.35. The second kappa shape index (κ2) is 9.85. The molecule has 0 heterocycles. The van der Waals surface area contributed by atoms with E-state index in [2.05, 4.69) is 0 Å². The van der Waals surface area contributed by atoms with E-state index >= 15 is 0 Å². The highest BCUT2D eigenvalue weighted by molar-refractivity contribution is 8.00. The van der Waals surface area contributed by atoms with E-state index in [1.807, 2.05) is 0 Å². The smallest absolute Gasteiger partial charge is 0.321 e. The number of carboxylic acids is 2. The molecule has 0 radical (unpaired) electrons. The Balaban J connectivity index is 3.19. The molecule has 0 aliphatic carbocycles. The van der Waals surface area contributed by atoms with Crippen molar-refractivity contribution in [3.05, 3.63) is 11.6 Å². The molecule has 0 amide bonds. The van der Waals surface area contributed by atoms with Crippen LogP contribution in [0.2, 0.25) is 0 Å². The van der Waals surface area contributed by atoms with Gasteiger partial charge in [-0.05, 0) is 6.07 Å². The minimum absolute atomic E-state index is 0.0454. The lowest BCUT2D eigenvalue weighted by Crippen LogP contribution is -2.32. The molecular weight excluding hydrogens is 386 g/mol. The number of benzene rings is 1. The van der Waals surface area contributed by atoms with Gasteiger partial charge in [0.2, 0.25) is 0 Å². The molecule has 1 aromatic carbocycles. The minimum atomic E-state index is -1.24. The van der Waals surface area contributed by atoms with Crippen LogP contribution in [-0.4, -0.2) is 67.6 Å². The number of aliphatic hydroxyl groups is 1. The van der Waals surface area contributed by atoms with E-state index in [1.165, 1.54) is 6.07 Å². The van der Waals surface area contributed by atoms with Crippen molar-refractivity contribution < 1.29 is 35.1 Å². The van der Waals surface area contributed by atoms with Crippen LogP contribution in [0.4, 0.5) is 0 Å². The van der Waals surface area contributed by atoms with E-state index in [4.69, 9.17) is 27.4 Å². The summed E-state index contributed by atoms with van der Waals surface area (Å²) < 4.78 is 0. The zero-order valence-corrected chi connectivity index (χ0v) is 15.2. The molecule has 11 N–H and O–H groups in total. The van der Waals surface area contributed by atoms with Gasteiger partial charge in [0.15, 0.2) is 11.5 Å². The number of aromatic hydroxyl groups is 2. The Morgan fingerprint density at radius 3 is 1.96 bits per heavy atom. The molecule has 0 saturated carbocycles. The monoisotopic (exact) mass is 407 g/mol. The molecule has 0 spiro atoms. The number of phenols is 2. The average Bonchev–Trinajstić information content (AvgIpc) is 2.60. The van der Waals surface area contributed by atoms with Crippen molar-refractivity contribution in [1.29, 1.82) is 0 Å². The summed E-state index contributed by atoms with van der Waals surface area (Å²) in [5.41, 5.74) is 16.4. The molecule has 0 saturated heterocycles. The minimum Gasteiger partial charge on any atom is -0.503 e. The number of carbonyl (C=O) groups is 2. The topological polar surface area (TPSA) is 213 Å². The average molecular weight is 407 g/mol. The fourth-order valence-corrected chi connectivity index (χ4v) is 3.80. The fraction of sp³-hybridized carbons (Fsp3) is 0.429. The van der Waals surface area contributed by atoms with Crippen molar-refractivity contribution in [2.24, 2.45) is 17.2 Å². The summed E-state index contributed by atoms with van der Waals surface area (Å²) in [5.74, 6) is -3.79. The van der Waals surface area contributed by atoms with Gasteiger partial charge in [0.05, 0.1) is 15.9 Å². The number of thioether (sulfide) groups is 2. The van der Waals surface area contributed by atoms with Gasteiger partial charge in [-0.1, -0.05) is 0 Å². The molecule has 12 heteroatoms. The predicted octanol–water partition coefficient (Wildman–Crippen LogP) is -0.902. The number of hydrogen-bond acceptors (Lipinski definition) is 10. The maximum Gasteiger partial charge on any atom is 0.321 e. The second-order valence-electron chi connectivity index (χ2n) is 5.25. The number of nitrogens with two attached hydrogens (primary N) is 3. The lowest BCUT2D eigenvalue weighted by Gasteiger charge is -2.19. The zero-order valence-electron chi connectivity index (χ0n) is 13.5. The highest BCUT2D eigenvalue weighted by Crippen LogP contribution is 2.46. The van der Waals surface area contributed by atoms with Gasteiger partial charge in [0.1, 0.15) is 12.1 Å². The van der Waals surface area contributed by atoms with Crippen LogP contribution in [0.15, 0.2) is 15.9 Å². The Hall–Kier alpha value is -1.70. The first-order chi connectivity index (χ1) is 12.1. The van der Waals surface area contributed by atoms with Gasteiger partial charge in [0, 0.05) is 23.6 Å². The molecule has 0 aliphatic rings. The van der Waals surface area contributed by atoms with Crippen LogP contribution >= 0.6 is 23.5 Å². The van der Waals surface area contributed by atoms with Gasteiger partial charge >= 0.3 is 11.9 Å². The zero-order chi connectivity index (χ0) is 20.0. The Bertz CT molecular complexity index is 674. The summed E-state index contributed by atoms with van der Waals surface area (Å²) in [6, 6.07) is -1.06. The number of aliphatic carboxylic acids is 2. The number of rotatable bonds is 10. The van der Waals surface area contributed by atoms with Crippen LogP contribution in [0.5, 0.6) is 11.5 Å². The summed E-state index contributed by atoms with van der Waals surface area (Å²) in [5, 5.41) is 48.1. The number of aliphatic hydroxyl groups excluding tert-OH is 1. The Labute approximate surface area is 157 Å². The Morgan fingerprint density at radius 2 is 1.50 bits per heavy atom. The van der Waals surface area contributed by atoms with Crippen LogP contribution < -0.4 is 17.2 Å². The first-order valence-corrected chi connectivity index (χ1v) is 9.26. The Kier molecular flexibility index (Phi) is 8.46. The molecule has 146 valence electrons. The van der Waals surface area contributed by atoms with Crippen molar-refractivity contribution in [2.75, 3.05) is 18.1 Å². The van der Waals surface area contributed by atoms with Gasteiger partial charge in [-0.3, -0.25) is 9.59 Å². The van der Waals surface area contributed by atoms with E-state index in [-0.39, 0.29) is 33.4 Å². The summed E-state index contributed by atoms with van der Waals surface area (Å²) in [7, 11) is 0. The van der Waals surface area contributed by atoms with Crippen molar-refractivity contribution in [3.8, 4) is 11.5 Å². The predicted molar refractivity (Wildman–Crippen MR) is 96.5 cm³/mol. The molecule has 3 atom stereocenters. The van der Waals surface area contributed by atoms with Crippen molar-refractivity contribution in [2.45, 2.75) is 28.0 Å². The lowest BCUT2D eigenvalue weighted by atomic mass is 10.1. The molecule has 0 aromatic heterocycles. The summed E-state index contributed by atoms with van der Waals surface area (Å²) in [6.07, 6.45) is -1.20. The van der Waals surface area contributed by atoms with E-state index in [9.17, 15) is 24.9 Å². The van der Waals surface area contributed by atoms with Crippen LogP contribution in [-0.2, 0) is 9.59 Å². The molecule has 10 nitrogen and oxygen atoms in total. The summed E-state index contributed by atoms with van der Waals surface area (Å²) in [6.45, 7) is -0.193. The molecule has 0 unspecified atom stereocenters. The highest BCUT2D eigenvalue weighted by Gasteiger charge is 2.24. The number of carboxylic acid groups (broad SMARTS) is 2. The SMILES string of the molecule is NC[C@H](O)c1cc(SC[C@H](N)C(=O)O)c(O)c(O)c1SC[C@H](N)C(=O)O. The van der Waals surface area contributed by atoms with Gasteiger partial charge in [-0.15, -0.1) is 23.5 Å². The number of hydrogen-bond donors (Lipinski definition) is 8.